The fourth-order valence-corrected chi connectivity index (χ4v) is 1.88. The number of carbonyl (C=O) groups is 2. The van der Waals surface area contributed by atoms with Gasteiger partial charge in [-0.15, -0.1) is 0 Å². The van der Waals surface area contributed by atoms with Crippen LogP contribution in [0.3, 0.4) is 0 Å². The van der Waals surface area contributed by atoms with Gasteiger partial charge in [-0.3, -0.25) is 14.6 Å². The molecule has 1 fully saturated rings. The Morgan fingerprint density at radius 2 is 2.37 bits per heavy atom. The summed E-state index contributed by atoms with van der Waals surface area (Å²) < 4.78 is 0. The van der Waals surface area contributed by atoms with Crippen molar-refractivity contribution < 1.29 is 9.59 Å². The highest BCUT2D eigenvalue weighted by molar-refractivity contribution is 5.92. The minimum Gasteiger partial charge on any atom is -0.369 e. The lowest BCUT2D eigenvalue weighted by atomic mass is 10.2. The maximum Gasteiger partial charge on any atom is 0.271 e. The molecule has 102 valence electrons. The van der Waals surface area contributed by atoms with Crippen molar-refractivity contribution in [1.29, 1.82) is 0 Å². The molecule has 1 aromatic rings. The summed E-state index contributed by atoms with van der Waals surface area (Å²) in [6.07, 6.45) is 4.26. The second-order valence-electron chi connectivity index (χ2n) is 4.33. The smallest absolute Gasteiger partial charge is 0.271 e. The molecule has 1 aromatic heterocycles. The number of aromatic nitrogens is 2. The molecule has 0 spiro atoms. The Morgan fingerprint density at radius 1 is 1.53 bits per heavy atom. The lowest BCUT2D eigenvalue weighted by Crippen LogP contribution is -2.38. The molecule has 7 nitrogen and oxygen atoms in total. The second kappa shape index (κ2) is 6.12. The van der Waals surface area contributed by atoms with Crippen molar-refractivity contribution in [2.24, 2.45) is 0 Å². The van der Waals surface area contributed by atoms with Crippen molar-refractivity contribution >= 4 is 17.6 Å². The second-order valence-corrected chi connectivity index (χ2v) is 4.33. The maximum absolute atomic E-state index is 11.9. The van der Waals surface area contributed by atoms with Gasteiger partial charge in [0.2, 0.25) is 5.91 Å². The lowest BCUT2D eigenvalue weighted by Gasteiger charge is -2.11. The summed E-state index contributed by atoms with van der Waals surface area (Å²) >= 11 is 0. The monoisotopic (exact) mass is 263 g/mol. The molecule has 1 unspecified atom stereocenters. The number of carbonyl (C=O) groups excluding carboxylic acids is 2. The highest BCUT2D eigenvalue weighted by atomic mass is 16.2. The average Bonchev–Trinajstić information content (AvgIpc) is 2.82. The molecule has 1 aliphatic heterocycles. The van der Waals surface area contributed by atoms with Crippen molar-refractivity contribution in [3.63, 3.8) is 0 Å². The van der Waals surface area contributed by atoms with Crippen LogP contribution in [0.15, 0.2) is 12.4 Å². The Labute approximate surface area is 111 Å². The minimum atomic E-state index is -0.284. The van der Waals surface area contributed by atoms with Crippen LogP contribution < -0.4 is 16.0 Å². The number of rotatable bonds is 5. The predicted octanol–water partition coefficient (Wildman–Crippen LogP) is -0.0832. The average molecular weight is 263 g/mol. The van der Waals surface area contributed by atoms with E-state index in [0.717, 1.165) is 6.42 Å². The molecule has 2 rings (SSSR count). The highest BCUT2D eigenvalue weighted by Crippen LogP contribution is 2.06. The number of amides is 2. The molecule has 0 aromatic carbocycles. The van der Waals surface area contributed by atoms with Gasteiger partial charge in [-0.1, -0.05) is 0 Å². The Morgan fingerprint density at radius 3 is 3.05 bits per heavy atom. The van der Waals surface area contributed by atoms with E-state index in [1.807, 2.05) is 6.92 Å². The summed E-state index contributed by atoms with van der Waals surface area (Å²) in [6, 6.07) is 0.0151. The summed E-state index contributed by atoms with van der Waals surface area (Å²) in [5.41, 5.74) is 0.266. The number of hydrogen-bond acceptors (Lipinski definition) is 5. The van der Waals surface area contributed by atoms with E-state index in [-0.39, 0.29) is 23.6 Å². The Hall–Kier alpha value is -2.18. The van der Waals surface area contributed by atoms with Crippen molar-refractivity contribution in [3.05, 3.63) is 18.1 Å². The summed E-state index contributed by atoms with van der Waals surface area (Å²) in [5.74, 6) is 0.325. The molecule has 0 saturated carbocycles. The summed E-state index contributed by atoms with van der Waals surface area (Å²) in [4.78, 5) is 31.0. The van der Waals surface area contributed by atoms with Crippen LogP contribution in [0, 0.1) is 0 Å². The van der Waals surface area contributed by atoms with E-state index in [9.17, 15) is 9.59 Å². The normalized spacial score (nSPS) is 17.9. The fourth-order valence-electron chi connectivity index (χ4n) is 1.88. The number of nitrogens with one attached hydrogen (secondary N) is 3. The van der Waals surface area contributed by atoms with E-state index in [1.165, 1.54) is 6.20 Å². The molecular formula is C12H17N5O2. The zero-order valence-corrected chi connectivity index (χ0v) is 10.8. The van der Waals surface area contributed by atoms with Gasteiger partial charge >= 0.3 is 0 Å². The van der Waals surface area contributed by atoms with Gasteiger partial charge in [0.1, 0.15) is 11.5 Å². The largest absolute Gasteiger partial charge is 0.369 e. The van der Waals surface area contributed by atoms with E-state index in [0.29, 0.717) is 25.3 Å². The molecule has 1 atom stereocenters. The number of hydrogen-bond donors (Lipinski definition) is 3. The molecule has 2 amide bonds. The molecule has 1 aliphatic rings. The molecule has 0 aliphatic carbocycles. The Kier molecular flexibility index (Phi) is 4.27. The first-order valence-electron chi connectivity index (χ1n) is 6.32. The van der Waals surface area contributed by atoms with Gasteiger partial charge < -0.3 is 16.0 Å². The molecular weight excluding hydrogens is 246 g/mol. The van der Waals surface area contributed by atoms with Gasteiger partial charge in [0, 0.05) is 25.6 Å². The summed E-state index contributed by atoms with van der Waals surface area (Å²) in [7, 11) is 0. The molecule has 19 heavy (non-hydrogen) atoms. The summed E-state index contributed by atoms with van der Waals surface area (Å²) in [6.45, 7) is 3.07. The summed E-state index contributed by atoms with van der Waals surface area (Å²) in [5, 5.41) is 8.53. The lowest BCUT2D eigenvalue weighted by molar-refractivity contribution is -0.119. The van der Waals surface area contributed by atoms with Crippen LogP contribution in [0.5, 0.6) is 0 Å². The molecule has 3 N–H and O–H groups in total. The van der Waals surface area contributed by atoms with Crippen molar-refractivity contribution in [1.82, 2.24) is 20.6 Å². The van der Waals surface area contributed by atoms with Crippen LogP contribution in [0.1, 0.15) is 30.3 Å². The Bertz CT molecular complexity index is 477. The zero-order chi connectivity index (χ0) is 13.7. The highest BCUT2D eigenvalue weighted by Gasteiger charge is 2.21. The molecule has 7 heteroatoms. The van der Waals surface area contributed by atoms with Gasteiger partial charge in [-0.2, -0.15) is 0 Å². The quantitative estimate of drug-likeness (QED) is 0.690. The predicted molar refractivity (Wildman–Crippen MR) is 69.7 cm³/mol. The van der Waals surface area contributed by atoms with E-state index in [4.69, 9.17) is 0 Å². The number of anilines is 1. The van der Waals surface area contributed by atoms with Crippen LogP contribution in [-0.2, 0) is 4.79 Å². The van der Waals surface area contributed by atoms with Crippen molar-refractivity contribution in [2.45, 2.75) is 25.8 Å². The van der Waals surface area contributed by atoms with Crippen LogP contribution in [0.25, 0.3) is 0 Å². The van der Waals surface area contributed by atoms with Crippen molar-refractivity contribution in [2.75, 3.05) is 18.4 Å². The SMILES string of the molecule is CCNc1cncc(C(=O)NCC2CCC(=O)N2)n1. The third-order valence-corrected chi connectivity index (χ3v) is 2.82. The topological polar surface area (TPSA) is 96.0 Å². The molecule has 0 radical (unpaired) electrons. The van der Waals surface area contributed by atoms with Gasteiger partial charge in [0.15, 0.2) is 0 Å². The Balaban J connectivity index is 1.88. The third kappa shape index (κ3) is 3.64. The van der Waals surface area contributed by atoms with Crippen LogP contribution in [0.2, 0.25) is 0 Å². The molecule has 1 saturated heterocycles. The first-order chi connectivity index (χ1) is 9.19. The third-order valence-electron chi connectivity index (χ3n) is 2.82. The van der Waals surface area contributed by atoms with E-state index in [1.54, 1.807) is 6.20 Å². The maximum atomic E-state index is 11.9. The fraction of sp³-hybridized carbons (Fsp3) is 0.500. The first-order valence-corrected chi connectivity index (χ1v) is 6.32. The first kappa shape index (κ1) is 13.3. The van der Waals surface area contributed by atoms with Gasteiger partial charge in [-0.25, -0.2) is 4.98 Å². The van der Waals surface area contributed by atoms with Crippen LogP contribution in [0.4, 0.5) is 5.82 Å². The number of nitrogens with zero attached hydrogens (tertiary/aromatic N) is 2. The van der Waals surface area contributed by atoms with Crippen molar-refractivity contribution in [3.8, 4) is 0 Å². The van der Waals surface area contributed by atoms with Crippen LogP contribution in [-0.4, -0.2) is 40.9 Å². The standard InChI is InChI=1S/C12H17N5O2/c1-2-14-10-7-13-6-9(17-10)12(19)15-5-8-3-4-11(18)16-8/h6-8H,2-5H2,1H3,(H,14,17)(H,15,19)(H,16,18). The van der Waals surface area contributed by atoms with E-state index >= 15 is 0 Å². The minimum absolute atomic E-state index is 0.0151. The van der Waals surface area contributed by atoms with E-state index < -0.39 is 0 Å². The zero-order valence-electron chi connectivity index (χ0n) is 10.8. The van der Waals surface area contributed by atoms with Crippen LogP contribution >= 0.6 is 0 Å². The molecule has 0 bridgehead atoms. The van der Waals surface area contributed by atoms with Gasteiger partial charge in [0.05, 0.1) is 12.4 Å². The van der Waals surface area contributed by atoms with E-state index in [2.05, 4.69) is 25.9 Å². The van der Waals surface area contributed by atoms with Gasteiger partial charge in [-0.05, 0) is 13.3 Å². The van der Waals surface area contributed by atoms with Gasteiger partial charge in [0.25, 0.3) is 5.91 Å². The molecule has 2 heterocycles.